The number of carbonyl (C=O) groups excluding carboxylic acids is 1. The maximum Gasteiger partial charge on any atom is 0.268 e. The Labute approximate surface area is 137 Å². The van der Waals surface area contributed by atoms with Gasteiger partial charge in [0.05, 0.1) is 19.1 Å². The van der Waals surface area contributed by atoms with Crippen molar-refractivity contribution in [2.24, 2.45) is 0 Å². The van der Waals surface area contributed by atoms with Crippen LogP contribution in [0.2, 0.25) is 0 Å². The second kappa shape index (κ2) is 6.72. The van der Waals surface area contributed by atoms with Crippen molar-refractivity contribution in [2.75, 3.05) is 5.32 Å². The number of aliphatic hydroxyl groups excluding tert-OH is 1. The minimum Gasteiger partial charge on any atom is -0.389 e. The van der Waals surface area contributed by atoms with Gasteiger partial charge in [-0.15, -0.1) is 11.3 Å². The van der Waals surface area contributed by atoms with Crippen LogP contribution in [0.5, 0.6) is 0 Å². The molecule has 6 nitrogen and oxygen atoms in total. The van der Waals surface area contributed by atoms with Crippen LogP contribution < -0.4 is 5.32 Å². The zero-order valence-electron chi connectivity index (χ0n) is 12.6. The van der Waals surface area contributed by atoms with Crippen molar-refractivity contribution in [3.63, 3.8) is 0 Å². The predicted molar refractivity (Wildman–Crippen MR) is 88.5 cm³/mol. The second-order valence-corrected chi connectivity index (χ2v) is 6.27. The van der Waals surface area contributed by atoms with Crippen molar-refractivity contribution in [3.05, 3.63) is 64.0 Å². The molecule has 0 saturated heterocycles. The van der Waals surface area contributed by atoms with Crippen LogP contribution in [-0.4, -0.2) is 25.5 Å². The first-order valence-electron chi connectivity index (χ1n) is 7.08. The molecule has 0 aliphatic carbocycles. The number of hydrogen-bond donors (Lipinski definition) is 2. The first-order valence-corrected chi connectivity index (χ1v) is 7.90. The fraction of sp³-hybridized carbons (Fsp3) is 0.188. The number of benzene rings is 1. The van der Waals surface area contributed by atoms with Gasteiger partial charge in [0.2, 0.25) is 0 Å². The van der Waals surface area contributed by atoms with Gasteiger partial charge >= 0.3 is 0 Å². The molecule has 0 aliphatic heterocycles. The lowest BCUT2D eigenvalue weighted by atomic mass is 10.1. The van der Waals surface area contributed by atoms with Crippen molar-refractivity contribution < 1.29 is 9.90 Å². The first-order chi connectivity index (χ1) is 11.1. The van der Waals surface area contributed by atoms with Gasteiger partial charge in [-0.05, 0) is 12.5 Å². The predicted octanol–water partition coefficient (Wildman–Crippen LogP) is 2.44. The smallest absolute Gasteiger partial charge is 0.268 e. The van der Waals surface area contributed by atoms with Crippen molar-refractivity contribution in [1.82, 2.24) is 14.5 Å². The lowest BCUT2D eigenvalue weighted by Crippen LogP contribution is -2.10. The van der Waals surface area contributed by atoms with E-state index in [2.05, 4.69) is 40.4 Å². The molecule has 2 N–H and O–H groups in total. The zero-order chi connectivity index (χ0) is 16.2. The lowest BCUT2D eigenvalue weighted by Gasteiger charge is -2.03. The van der Waals surface area contributed by atoms with Gasteiger partial charge in [-0.3, -0.25) is 4.79 Å². The van der Waals surface area contributed by atoms with Crippen molar-refractivity contribution in [3.8, 4) is 0 Å². The number of nitrogens with zero attached hydrogens (tertiary/aromatic N) is 3. The van der Waals surface area contributed by atoms with Gasteiger partial charge in [-0.2, -0.15) is 0 Å². The first kappa shape index (κ1) is 15.4. The summed E-state index contributed by atoms with van der Waals surface area (Å²) in [6, 6.07) is 8.25. The number of carbonyl (C=O) groups is 1. The van der Waals surface area contributed by atoms with E-state index in [0.29, 0.717) is 22.2 Å². The summed E-state index contributed by atoms with van der Waals surface area (Å²) in [6.07, 6.45) is 4.92. The summed E-state index contributed by atoms with van der Waals surface area (Å²) in [7, 11) is 0. The average molecular weight is 328 g/mol. The number of nitrogens with one attached hydrogen (secondary N) is 1. The van der Waals surface area contributed by atoms with E-state index in [1.54, 1.807) is 12.5 Å². The topological polar surface area (TPSA) is 80.0 Å². The summed E-state index contributed by atoms with van der Waals surface area (Å²) in [5.74, 6) is 0.213. The van der Waals surface area contributed by atoms with E-state index < -0.39 is 0 Å². The number of thiazole rings is 1. The third-order valence-electron chi connectivity index (χ3n) is 3.24. The molecule has 3 aromatic rings. The van der Waals surface area contributed by atoms with Crippen LogP contribution in [0.1, 0.15) is 25.8 Å². The Hall–Kier alpha value is -2.51. The number of imidazole rings is 1. The Morgan fingerprint density at radius 2 is 2.26 bits per heavy atom. The van der Waals surface area contributed by atoms with E-state index in [-0.39, 0.29) is 12.5 Å². The van der Waals surface area contributed by atoms with Gasteiger partial charge in [0.25, 0.3) is 5.91 Å². The monoisotopic (exact) mass is 328 g/mol. The molecule has 0 unspecified atom stereocenters. The molecule has 3 rings (SSSR count). The fourth-order valence-electron chi connectivity index (χ4n) is 2.20. The quantitative estimate of drug-likeness (QED) is 0.754. The second-order valence-electron chi connectivity index (χ2n) is 5.15. The zero-order valence-corrected chi connectivity index (χ0v) is 13.4. The van der Waals surface area contributed by atoms with Crippen LogP contribution in [0.4, 0.5) is 5.82 Å². The molecule has 0 radical (unpaired) electrons. The molecule has 7 heteroatoms. The Kier molecular flexibility index (Phi) is 4.50. The molecule has 2 aromatic heterocycles. The summed E-state index contributed by atoms with van der Waals surface area (Å²) < 4.78 is 1.91. The van der Waals surface area contributed by atoms with Gasteiger partial charge in [0, 0.05) is 12.7 Å². The van der Waals surface area contributed by atoms with Gasteiger partial charge in [-0.1, -0.05) is 29.8 Å². The fourth-order valence-corrected chi connectivity index (χ4v) is 2.87. The minimum atomic E-state index is -0.275. The number of amides is 1. The molecular weight excluding hydrogens is 312 g/mol. The number of rotatable bonds is 5. The number of hydrogen-bond acceptors (Lipinski definition) is 5. The lowest BCUT2D eigenvalue weighted by molar-refractivity contribution is 0.103. The number of aromatic nitrogens is 3. The standard InChI is InChI=1S/C16H16N4O2S/c1-11-3-2-4-12(5-11)7-20-8-14(18-10-20)19-16(22)13-6-17-15(9-21)23-13/h2-6,8,10,21H,7,9H2,1H3,(H,19,22). The van der Waals surface area contributed by atoms with Crippen molar-refractivity contribution in [1.29, 1.82) is 0 Å². The van der Waals surface area contributed by atoms with Crippen LogP contribution in [0, 0.1) is 6.92 Å². The van der Waals surface area contributed by atoms with Gasteiger partial charge < -0.3 is 15.0 Å². The van der Waals surface area contributed by atoms with E-state index in [9.17, 15) is 4.79 Å². The third kappa shape index (κ3) is 3.82. The summed E-state index contributed by atoms with van der Waals surface area (Å²) in [5.41, 5.74) is 2.39. The molecule has 1 aromatic carbocycles. The molecule has 0 fully saturated rings. The molecule has 2 heterocycles. The van der Waals surface area contributed by atoms with E-state index in [0.717, 1.165) is 11.3 Å². The minimum absolute atomic E-state index is 0.164. The summed E-state index contributed by atoms with van der Waals surface area (Å²) in [6.45, 7) is 2.58. The molecule has 0 bridgehead atoms. The molecule has 0 spiro atoms. The van der Waals surface area contributed by atoms with Crippen LogP contribution in [0.3, 0.4) is 0 Å². The molecule has 118 valence electrons. The van der Waals surface area contributed by atoms with Gasteiger partial charge in [0.15, 0.2) is 5.82 Å². The highest BCUT2D eigenvalue weighted by molar-refractivity contribution is 7.13. The maximum atomic E-state index is 12.1. The molecular formula is C16H16N4O2S. The number of aryl methyl sites for hydroxylation is 1. The van der Waals surface area contributed by atoms with Gasteiger partial charge in [-0.25, -0.2) is 9.97 Å². The van der Waals surface area contributed by atoms with Crippen LogP contribution >= 0.6 is 11.3 Å². The molecule has 23 heavy (non-hydrogen) atoms. The Bertz CT molecular complexity index is 825. The highest BCUT2D eigenvalue weighted by atomic mass is 32.1. The molecule has 0 atom stereocenters. The normalized spacial score (nSPS) is 10.7. The Balaban J connectivity index is 1.66. The molecule has 0 aliphatic rings. The van der Waals surface area contributed by atoms with E-state index in [4.69, 9.17) is 5.11 Å². The van der Waals surface area contributed by atoms with E-state index in [1.807, 2.05) is 10.6 Å². The third-order valence-corrected chi connectivity index (χ3v) is 4.22. The van der Waals surface area contributed by atoms with Crippen LogP contribution in [-0.2, 0) is 13.2 Å². The van der Waals surface area contributed by atoms with Crippen LogP contribution in [0.25, 0.3) is 0 Å². The van der Waals surface area contributed by atoms with Crippen LogP contribution in [0.15, 0.2) is 43.0 Å². The summed E-state index contributed by atoms with van der Waals surface area (Å²) in [4.78, 5) is 20.7. The number of anilines is 1. The van der Waals surface area contributed by atoms with E-state index in [1.165, 1.54) is 17.3 Å². The summed E-state index contributed by atoms with van der Waals surface area (Å²) in [5, 5.41) is 12.2. The van der Waals surface area contributed by atoms with E-state index >= 15 is 0 Å². The van der Waals surface area contributed by atoms with Crippen molar-refractivity contribution in [2.45, 2.75) is 20.1 Å². The SMILES string of the molecule is Cc1cccc(Cn2cnc(NC(=O)c3cnc(CO)s3)c2)c1. The highest BCUT2D eigenvalue weighted by Crippen LogP contribution is 2.15. The molecule has 1 amide bonds. The maximum absolute atomic E-state index is 12.1. The Morgan fingerprint density at radius 3 is 3.00 bits per heavy atom. The van der Waals surface area contributed by atoms with Crippen molar-refractivity contribution >= 4 is 23.1 Å². The van der Waals surface area contributed by atoms with Gasteiger partial charge in [0.1, 0.15) is 9.88 Å². The Morgan fingerprint density at radius 1 is 1.39 bits per heavy atom. The highest BCUT2D eigenvalue weighted by Gasteiger charge is 2.11. The average Bonchev–Trinajstić information content (AvgIpc) is 3.16. The largest absolute Gasteiger partial charge is 0.389 e. The number of aliphatic hydroxyl groups is 1. The molecule has 0 saturated carbocycles. The summed E-state index contributed by atoms with van der Waals surface area (Å²) >= 11 is 1.16.